The number of fused-ring (bicyclic) bond motifs is 3. The van der Waals surface area contributed by atoms with Crippen LogP contribution < -0.4 is 4.74 Å². The number of benzene rings is 3. The quantitative estimate of drug-likeness (QED) is 0.423. The fourth-order valence-electron chi connectivity index (χ4n) is 3.40. The fraction of sp³-hybridized carbons (Fsp3) is 0.0455. The monoisotopic (exact) mass is 386 g/mol. The maximum absolute atomic E-state index is 6.29. The molecule has 0 saturated heterocycles. The van der Waals surface area contributed by atoms with Crippen molar-refractivity contribution in [2.24, 2.45) is 0 Å². The third kappa shape index (κ3) is 2.60. The van der Waals surface area contributed by atoms with Gasteiger partial charge >= 0.3 is 0 Å². The second kappa shape index (κ2) is 6.62. The van der Waals surface area contributed by atoms with Crippen molar-refractivity contribution in [2.45, 2.75) is 0 Å². The number of para-hydroxylation sites is 1. The van der Waals surface area contributed by atoms with Gasteiger partial charge in [-0.2, -0.15) is 0 Å². The lowest BCUT2D eigenvalue weighted by molar-refractivity contribution is 0.416. The summed E-state index contributed by atoms with van der Waals surface area (Å²) in [6.07, 6.45) is 0. The summed E-state index contributed by atoms with van der Waals surface area (Å²) in [6.45, 7) is 0. The van der Waals surface area contributed by atoms with Gasteiger partial charge in [-0.15, -0.1) is 10.2 Å². The highest BCUT2D eigenvalue weighted by atomic mass is 35.5. The zero-order valence-corrected chi connectivity index (χ0v) is 15.8. The summed E-state index contributed by atoms with van der Waals surface area (Å²) < 4.78 is 7.54. The van der Waals surface area contributed by atoms with E-state index in [1.54, 1.807) is 7.11 Å². The van der Waals surface area contributed by atoms with Crippen molar-refractivity contribution < 1.29 is 4.74 Å². The molecule has 0 radical (unpaired) electrons. The molecule has 2 aromatic heterocycles. The zero-order valence-electron chi connectivity index (χ0n) is 15.0. The number of methoxy groups -OCH3 is 1. The molecule has 28 heavy (non-hydrogen) atoms. The van der Waals surface area contributed by atoms with Crippen molar-refractivity contribution in [3.05, 3.63) is 77.8 Å². The predicted octanol–water partition coefficient (Wildman–Crippen LogP) is 5.27. The SMILES string of the molecule is COc1ccccc1-c1nnc2c(-c3ccccc3)nc3ccc(Cl)cc3n12. The van der Waals surface area contributed by atoms with Gasteiger partial charge in [-0.25, -0.2) is 4.98 Å². The Morgan fingerprint density at radius 2 is 1.68 bits per heavy atom. The molecule has 2 heterocycles. The summed E-state index contributed by atoms with van der Waals surface area (Å²) in [4.78, 5) is 4.85. The Morgan fingerprint density at radius 1 is 0.893 bits per heavy atom. The van der Waals surface area contributed by atoms with E-state index in [1.165, 1.54) is 0 Å². The minimum Gasteiger partial charge on any atom is -0.496 e. The second-order valence-electron chi connectivity index (χ2n) is 6.34. The van der Waals surface area contributed by atoms with Crippen LogP contribution in [0.3, 0.4) is 0 Å². The molecular formula is C22H15ClN4O. The minimum absolute atomic E-state index is 0.628. The van der Waals surface area contributed by atoms with Crippen LogP contribution in [0.2, 0.25) is 5.02 Å². The average Bonchev–Trinajstić information content (AvgIpc) is 3.19. The number of hydrogen-bond donors (Lipinski definition) is 0. The Hall–Kier alpha value is -3.44. The van der Waals surface area contributed by atoms with Crippen molar-refractivity contribution in [2.75, 3.05) is 7.11 Å². The lowest BCUT2D eigenvalue weighted by Crippen LogP contribution is -1.99. The van der Waals surface area contributed by atoms with Crippen LogP contribution in [-0.4, -0.2) is 26.7 Å². The van der Waals surface area contributed by atoms with Crippen molar-refractivity contribution in [1.29, 1.82) is 0 Å². The third-order valence-electron chi connectivity index (χ3n) is 4.68. The summed E-state index contributed by atoms with van der Waals surface area (Å²) in [5.41, 5.74) is 4.91. The summed E-state index contributed by atoms with van der Waals surface area (Å²) in [6, 6.07) is 23.4. The molecule has 5 nitrogen and oxygen atoms in total. The average molecular weight is 387 g/mol. The molecule has 0 aliphatic heterocycles. The molecule has 0 atom stereocenters. The molecule has 136 valence electrons. The molecule has 0 saturated carbocycles. The lowest BCUT2D eigenvalue weighted by atomic mass is 10.1. The van der Waals surface area contributed by atoms with Gasteiger partial charge in [-0.1, -0.05) is 54.1 Å². The molecule has 3 aromatic carbocycles. The number of aromatic nitrogens is 4. The van der Waals surface area contributed by atoms with E-state index in [0.29, 0.717) is 16.5 Å². The van der Waals surface area contributed by atoms with Crippen molar-refractivity contribution in [1.82, 2.24) is 19.6 Å². The van der Waals surface area contributed by atoms with Crippen LogP contribution in [0.25, 0.3) is 39.3 Å². The van der Waals surface area contributed by atoms with Gasteiger partial charge in [-0.3, -0.25) is 4.40 Å². The van der Waals surface area contributed by atoms with Crippen LogP contribution in [0.4, 0.5) is 0 Å². The number of halogens is 1. The maximum atomic E-state index is 6.29. The lowest BCUT2D eigenvalue weighted by Gasteiger charge is -2.11. The summed E-state index contributed by atoms with van der Waals surface area (Å²) in [5.74, 6) is 1.41. The van der Waals surface area contributed by atoms with E-state index in [2.05, 4.69) is 10.2 Å². The van der Waals surface area contributed by atoms with Crippen LogP contribution >= 0.6 is 11.6 Å². The Kier molecular flexibility index (Phi) is 3.95. The van der Waals surface area contributed by atoms with Gasteiger partial charge in [0.15, 0.2) is 11.5 Å². The molecule has 0 spiro atoms. The molecule has 0 unspecified atom stereocenters. The van der Waals surface area contributed by atoms with E-state index in [0.717, 1.165) is 33.6 Å². The van der Waals surface area contributed by atoms with Gasteiger partial charge in [0.25, 0.3) is 0 Å². The van der Waals surface area contributed by atoms with E-state index in [-0.39, 0.29) is 0 Å². The normalized spacial score (nSPS) is 11.2. The van der Waals surface area contributed by atoms with Gasteiger partial charge in [0.1, 0.15) is 11.4 Å². The van der Waals surface area contributed by atoms with E-state index >= 15 is 0 Å². The first-order valence-corrected chi connectivity index (χ1v) is 9.17. The zero-order chi connectivity index (χ0) is 19.1. The van der Waals surface area contributed by atoms with E-state index < -0.39 is 0 Å². The predicted molar refractivity (Wildman–Crippen MR) is 111 cm³/mol. The molecular weight excluding hydrogens is 372 g/mol. The highest BCUT2D eigenvalue weighted by molar-refractivity contribution is 6.31. The van der Waals surface area contributed by atoms with Gasteiger partial charge in [0.2, 0.25) is 0 Å². The molecule has 0 N–H and O–H groups in total. The van der Waals surface area contributed by atoms with Crippen molar-refractivity contribution in [3.8, 4) is 28.4 Å². The standard InChI is InChI=1S/C22H15ClN4O/c1-28-19-10-6-5-9-16(19)21-25-26-22-20(14-7-3-2-4-8-14)24-17-12-11-15(23)13-18(17)27(21)22/h2-13H,1H3. The van der Waals surface area contributed by atoms with Gasteiger partial charge < -0.3 is 4.74 Å². The van der Waals surface area contributed by atoms with E-state index in [9.17, 15) is 0 Å². The summed E-state index contributed by atoms with van der Waals surface area (Å²) >= 11 is 6.29. The number of rotatable bonds is 3. The Bertz CT molecular complexity index is 1310. The molecule has 5 rings (SSSR count). The first-order valence-electron chi connectivity index (χ1n) is 8.79. The largest absolute Gasteiger partial charge is 0.496 e. The smallest absolute Gasteiger partial charge is 0.188 e. The van der Waals surface area contributed by atoms with Crippen LogP contribution in [-0.2, 0) is 0 Å². The third-order valence-corrected chi connectivity index (χ3v) is 4.92. The summed E-state index contributed by atoms with van der Waals surface area (Å²) in [7, 11) is 1.65. The topological polar surface area (TPSA) is 52.3 Å². The van der Waals surface area contributed by atoms with Crippen molar-refractivity contribution >= 4 is 28.3 Å². The highest BCUT2D eigenvalue weighted by Crippen LogP contribution is 2.33. The molecule has 5 aromatic rings. The first kappa shape index (κ1) is 16.7. The molecule has 0 fully saturated rings. The van der Waals surface area contributed by atoms with Crippen LogP contribution in [0.5, 0.6) is 5.75 Å². The van der Waals surface area contributed by atoms with Crippen LogP contribution in [0, 0.1) is 0 Å². The van der Waals surface area contributed by atoms with Crippen LogP contribution in [0.15, 0.2) is 72.8 Å². The Morgan fingerprint density at radius 3 is 2.50 bits per heavy atom. The minimum atomic E-state index is 0.628. The van der Waals surface area contributed by atoms with Gasteiger partial charge in [-0.05, 0) is 30.3 Å². The molecule has 0 bridgehead atoms. The van der Waals surface area contributed by atoms with E-state index in [1.807, 2.05) is 77.2 Å². The number of hydrogen-bond acceptors (Lipinski definition) is 4. The number of nitrogens with zero attached hydrogens (tertiary/aromatic N) is 4. The van der Waals surface area contributed by atoms with Gasteiger partial charge in [0, 0.05) is 10.6 Å². The first-order chi connectivity index (χ1) is 13.8. The van der Waals surface area contributed by atoms with Crippen molar-refractivity contribution in [3.63, 3.8) is 0 Å². The van der Waals surface area contributed by atoms with Gasteiger partial charge in [0.05, 0.1) is 23.7 Å². The maximum Gasteiger partial charge on any atom is 0.188 e. The Labute approximate surface area is 166 Å². The summed E-state index contributed by atoms with van der Waals surface area (Å²) in [5, 5.41) is 9.60. The Balaban J connectivity index is 1.93. The second-order valence-corrected chi connectivity index (χ2v) is 6.78. The van der Waals surface area contributed by atoms with Crippen LogP contribution in [0.1, 0.15) is 0 Å². The molecule has 0 aliphatic rings. The molecule has 0 amide bonds. The van der Waals surface area contributed by atoms with E-state index in [4.69, 9.17) is 21.3 Å². The molecule has 6 heteroatoms. The fourth-order valence-corrected chi connectivity index (χ4v) is 3.57. The number of ether oxygens (including phenoxy) is 1. The molecule has 0 aliphatic carbocycles. The highest BCUT2D eigenvalue weighted by Gasteiger charge is 2.19.